The van der Waals surface area contributed by atoms with Gasteiger partial charge in [0.25, 0.3) is 0 Å². The van der Waals surface area contributed by atoms with E-state index in [2.05, 4.69) is 0 Å². The number of thiophene rings is 1. The predicted molar refractivity (Wildman–Crippen MR) is 78.3 cm³/mol. The molecule has 1 N–H and O–H groups in total. The fourth-order valence-electron chi connectivity index (χ4n) is 1.90. The molecule has 0 fully saturated rings. The van der Waals surface area contributed by atoms with Gasteiger partial charge in [0.2, 0.25) is 0 Å². The van der Waals surface area contributed by atoms with Gasteiger partial charge in [0.15, 0.2) is 0 Å². The Morgan fingerprint density at radius 3 is 2.80 bits per heavy atom. The minimum absolute atomic E-state index is 0.259. The van der Waals surface area contributed by atoms with E-state index in [0.717, 1.165) is 10.4 Å². The third-order valence-corrected chi connectivity index (χ3v) is 4.17. The van der Waals surface area contributed by atoms with Crippen LogP contribution in [0.25, 0.3) is 10.4 Å². The van der Waals surface area contributed by atoms with Crippen LogP contribution in [0.5, 0.6) is 0 Å². The van der Waals surface area contributed by atoms with E-state index in [4.69, 9.17) is 5.11 Å². The highest BCUT2D eigenvalue weighted by molar-refractivity contribution is 7.13. The molecule has 0 aliphatic carbocycles. The minimum Gasteiger partial charge on any atom is -0.480 e. The molecule has 20 heavy (non-hydrogen) atoms. The summed E-state index contributed by atoms with van der Waals surface area (Å²) in [5, 5.41) is 10.9. The molecule has 0 spiro atoms. The number of aliphatic carboxylic acids is 1. The molecule has 1 heterocycles. The van der Waals surface area contributed by atoms with E-state index in [9.17, 15) is 9.18 Å². The zero-order valence-electron chi connectivity index (χ0n) is 11.3. The van der Waals surface area contributed by atoms with Gasteiger partial charge in [0.1, 0.15) is 11.9 Å². The van der Waals surface area contributed by atoms with Crippen LogP contribution in [0.4, 0.5) is 4.39 Å². The van der Waals surface area contributed by atoms with E-state index in [0.29, 0.717) is 12.1 Å². The number of carboxylic acids is 1. The highest BCUT2D eigenvalue weighted by Crippen LogP contribution is 2.28. The van der Waals surface area contributed by atoms with E-state index in [1.807, 2.05) is 17.5 Å². The highest BCUT2D eigenvalue weighted by atomic mass is 32.1. The van der Waals surface area contributed by atoms with Crippen molar-refractivity contribution >= 4 is 17.3 Å². The van der Waals surface area contributed by atoms with E-state index >= 15 is 0 Å². The molecule has 0 aliphatic rings. The minimum atomic E-state index is -0.868. The summed E-state index contributed by atoms with van der Waals surface area (Å²) in [6.07, 6.45) is 0. The van der Waals surface area contributed by atoms with Gasteiger partial charge in [0, 0.05) is 17.0 Å². The second kappa shape index (κ2) is 6.15. The molecule has 3 nitrogen and oxygen atoms in total. The summed E-state index contributed by atoms with van der Waals surface area (Å²) in [7, 11) is 1.74. The smallest absolute Gasteiger partial charge is 0.320 e. The Morgan fingerprint density at radius 2 is 2.20 bits per heavy atom. The maximum absolute atomic E-state index is 13.9. The van der Waals surface area contributed by atoms with Gasteiger partial charge in [-0.25, -0.2) is 4.39 Å². The van der Waals surface area contributed by atoms with Gasteiger partial charge in [-0.05, 0) is 43.1 Å². The molecule has 1 unspecified atom stereocenters. The van der Waals surface area contributed by atoms with E-state index in [1.54, 1.807) is 31.0 Å². The lowest BCUT2D eigenvalue weighted by Gasteiger charge is -2.21. The third kappa shape index (κ3) is 3.23. The number of benzene rings is 1. The standard InChI is InChI=1S/C15H16FNO2S/c1-10(15(18)19)17(2)9-11-5-6-13(16)12(8-11)14-4-3-7-20-14/h3-8,10H,9H2,1-2H3,(H,18,19). The summed E-state index contributed by atoms with van der Waals surface area (Å²) in [5.74, 6) is -1.13. The lowest BCUT2D eigenvalue weighted by Crippen LogP contribution is -2.35. The number of rotatable bonds is 5. The van der Waals surface area contributed by atoms with Gasteiger partial charge >= 0.3 is 5.97 Å². The number of carbonyl (C=O) groups is 1. The Hall–Kier alpha value is -1.72. The average Bonchev–Trinajstić information content (AvgIpc) is 2.93. The number of nitrogens with zero attached hydrogens (tertiary/aromatic N) is 1. The van der Waals surface area contributed by atoms with E-state index in [-0.39, 0.29) is 5.82 Å². The summed E-state index contributed by atoms with van der Waals surface area (Å²) < 4.78 is 13.9. The summed E-state index contributed by atoms with van der Waals surface area (Å²) >= 11 is 1.48. The Morgan fingerprint density at radius 1 is 1.45 bits per heavy atom. The topological polar surface area (TPSA) is 40.5 Å². The Bertz CT molecular complexity index is 598. The van der Waals surface area contributed by atoms with Gasteiger partial charge < -0.3 is 5.11 Å². The normalized spacial score (nSPS) is 12.6. The van der Waals surface area contributed by atoms with Crippen molar-refractivity contribution in [1.82, 2.24) is 4.90 Å². The summed E-state index contributed by atoms with van der Waals surface area (Å²) in [6.45, 7) is 2.10. The molecular formula is C15H16FNO2S. The van der Waals surface area contributed by atoms with Crippen molar-refractivity contribution in [2.24, 2.45) is 0 Å². The number of halogens is 1. The van der Waals surface area contributed by atoms with Crippen molar-refractivity contribution < 1.29 is 14.3 Å². The van der Waals surface area contributed by atoms with Crippen molar-refractivity contribution in [2.75, 3.05) is 7.05 Å². The molecule has 5 heteroatoms. The van der Waals surface area contributed by atoms with Crippen molar-refractivity contribution in [3.8, 4) is 10.4 Å². The molecule has 1 atom stereocenters. The van der Waals surface area contributed by atoms with Crippen molar-refractivity contribution in [3.05, 3.63) is 47.1 Å². The zero-order valence-corrected chi connectivity index (χ0v) is 12.2. The fourth-order valence-corrected chi connectivity index (χ4v) is 2.65. The van der Waals surface area contributed by atoms with Crippen LogP contribution in [0.1, 0.15) is 12.5 Å². The zero-order chi connectivity index (χ0) is 14.7. The maximum atomic E-state index is 13.9. The molecule has 0 saturated heterocycles. The summed E-state index contributed by atoms with van der Waals surface area (Å²) in [5.41, 5.74) is 1.46. The molecule has 106 valence electrons. The number of likely N-dealkylation sites (N-methyl/N-ethyl adjacent to an activating group) is 1. The molecule has 0 aliphatic heterocycles. The van der Waals surface area contributed by atoms with E-state index in [1.165, 1.54) is 17.4 Å². The second-order valence-corrected chi connectivity index (χ2v) is 5.67. The summed E-state index contributed by atoms with van der Waals surface area (Å²) in [4.78, 5) is 13.5. The first-order valence-corrected chi connectivity index (χ1v) is 7.12. The first-order chi connectivity index (χ1) is 9.49. The van der Waals surface area contributed by atoms with Gasteiger partial charge in [-0.2, -0.15) is 0 Å². The molecular weight excluding hydrogens is 277 g/mol. The van der Waals surface area contributed by atoms with Crippen LogP contribution in [0.2, 0.25) is 0 Å². The molecule has 2 rings (SSSR count). The maximum Gasteiger partial charge on any atom is 0.320 e. The van der Waals surface area contributed by atoms with Crippen LogP contribution in [0.3, 0.4) is 0 Å². The molecule has 0 amide bonds. The summed E-state index contributed by atoms with van der Waals surface area (Å²) in [6, 6.07) is 8.08. The molecule has 2 aromatic rings. The second-order valence-electron chi connectivity index (χ2n) is 4.72. The SMILES string of the molecule is CC(C(=O)O)N(C)Cc1ccc(F)c(-c2cccs2)c1. The Labute approximate surface area is 121 Å². The Balaban J connectivity index is 2.22. The first kappa shape index (κ1) is 14.7. The molecule has 0 radical (unpaired) electrons. The fraction of sp³-hybridized carbons (Fsp3) is 0.267. The van der Waals surface area contributed by atoms with Gasteiger partial charge in [-0.3, -0.25) is 9.69 Å². The molecule has 1 aromatic heterocycles. The van der Waals surface area contributed by atoms with Crippen LogP contribution >= 0.6 is 11.3 Å². The predicted octanol–water partition coefficient (Wildman–Crippen LogP) is 3.46. The number of hydrogen-bond donors (Lipinski definition) is 1. The van der Waals surface area contributed by atoms with Crippen molar-refractivity contribution in [2.45, 2.75) is 19.5 Å². The average molecular weight is 293 g/mol. The molecule has 1 aromatic carbocycles. The number of carboxylic acid groups (broad SMARTS) is 1. The molecule has 0 bridgehead atoms. The number of hydrogen-bond acceptors (Lipinski definition) is 3. The van der Waals surface area contributed by atoms with Crippen molar-refractivity contribution in [3.63, 3.8) is 0 Å². The molecule has 0 saturated carbocycles. The van der Waals surface area contributed by atoms with Crippen LogP contribution in [-0.2, 0) is 11.3 Å². The van der Waals surface area contributed by atoms with Crippen LogP contribution in [0.15, 0.2) is 35.7 Å². The quantitative estimate of drug-likeness (QED) is 0.918. The first-order valence-electron chi connectivity index (χ1n) is 6.24. The monoisotopic (exact) mass is 293 g/mol. The van der Waals surface area contributed by atoms with Gasteiger partial charge in [0.05, 0.1) is 0 Å². The van der Waals surface area contributed by atoms with Crippen LogP contribution < -0.4 is 0 Å². The lowest BCUT2D eigenvalue weighted by molar-refractivity contribution is -0.142. The van der Waals surface area contributed by atoms with Gasteiger partial charge in [-0.1, -0.05) is 12.1 Å². The van der Waals surface area contributed by atoms with Crippen LogP contribution in [-0.4, -0.2) is 29.1 Å². The van der Waals surface area contributed by atoms with Crippen LogP contribution in [0, 0.1) is 5.82 Å². The van der Waals surface area contributed by atoms with Crippen molar-refractivity contribution in [1.29, 1.82) is 0 Å². The van der Waals surface area contributed by atoms with E-state index < -0.39 is 12.0 Å². The lowest BCUT2D eigenvalue weighted by atomic mass is 10.1. The van der Waals surface area contributed by atoms with Gasteiger partial charge in [-0.15, -0.1) is 11.3 Å². The largest absolute Gasteiger partial charge is 0.480 e. The Kier molecular flexibility index (Phi) is 4.52. The third-order valence-electron chi connectivity index (χ3n) is 3.27. The highest BCUT2D eigenvalue weighted by Gasteiger charge is 2.17.